The molecule has 0 spiro atoms. The predicted octanol–water partition coefficient (Wildman–Crippen LogP) is 2.64. The molecule has 0 bridgehead atoms. The van der Waals surface area contributed by atoms with Crippen molar-refractivity contribution in [3.05, 3.63) is 64.4 Å². The standard InChI is InChI=1S/C21H25BrFN3O3S/c1-16(21(27)24-10-9-17-5-7-19(23)8-6-17)25-11-13-26(14-12-25)30(28,29)20-4-2-3-18(22)15-20/h2-8,15-16H,9-14H2,1H3,(H,24,27). The van der Waals surface area contributed by atoms with Crippen molar-refractivity contribution < 1.29 is 17.6 Å². The second-order valence-electron chi connectivity index (χ2n) is 7.24. The molecule has 1 fully saturated rings. The van der Waals surface area contributed by atoms with Crippen LogP contribution in [0.5, 0.6) is 0 Å². The monoisotopic (exact) mass is 497 g/mol. The molecular weight excluding hydrogens is 473 g/mol. The Labute approximate surface area is 185 Å². The Bertz CT molecular complexity index is 977. The predicted molar refractivity (Wildman–Crippen MR) is 117 cm³/mol. The van der Waals surface area contributed by atoms with Gasteiger partial charge in [0.25, 0.3) is 0 Å². The average Bonchev–Trinajstić information content (AvgIpc) is 2.74. The van der Waals surface area contributed by atoms with E-state index < -0.39 is 10.0 Å². The Morgan fingerprint density at radius 1 is 1.13 bits per heavy atom. The van der Waals surface area contributed by atoms with Gasteiger partial charge in [-0.05, 0) is 49.2 Å². The number of hydrogen-bond donors (Lipinski definition) is 1. The third-order valence-electron chi connectivity index (χ3n) is 5.26. The van der Waals surface area contributed by atoms with Gasteiger partial charge in [0.05, 0.1) is 10.9 Å². The van der Waals surface area contributed by atoms with Crippen LogP contribution in [0.4, 0.5) is 4.39 Å². The van der Waals surface area contributed by atoms with Gasteiger partial charge in [0.15, 0.2) is 0 Å². The van der Waals surface area contributed by atoms with Crippen LogP contribution >= 0.6 is 15.9 Å². The summed E-state index contributed by atoms with van der Waals surface area (Å²) in [6, 6.07) is 12.5. The van der Waals surface area contributed by atoms with Gasteiger partial charge in [-0.1, -0.05) is 34.1 Å². The topological polar surface area (TPSA) is 69.7 Å². The molecule has 1 saturated heterocycles. The first-order chi connectivity index (χ1) is 14.3. The van der Waals surface area contributed by atoms with E-state index in [1.165, 1.54) is 16.4 Å². The fraction of sp³-hybridized carbons (Fsp3) is 0.381. The molecule has 0 aliphatic carbocycles. The second-order valence-corrected chi connectivity index (χ2v) is 10.1. The Balaban J connectivity index is 1.49. The summed E-state index contributed by atoms with van der Waals surface area (Å²) in [6.07, 6.45) is 0.622. The van der Waals surface area contributed by atoms with Crippen molar-refractivity contribution in [3.8, 4) is 0 Å². The van der Waals surface area contributed by atoms with Crippen molar-refractivity contribution in [2.75, 3.05) is 32.7 Å². The minimum Gasteiger partial charge on any atom is -0.354 e. The Morgan fingerprint density at radius 3 is 2.43 bits per heavy atom. The number of piperazine rings is 1. The summed E-state index contributed by atoms with van der Waals surface area (Å²) in [4.78, 5) is 14.7. The lowest BCUT2D eigenvalue weighted by atomic mass is 10.1. The van der Waals surface area contributed by atoms with E-state index >= 15 is 0 Å². The third kappa shape index (κ3) is 5.66. The quantitative estimate of drug-likeness (QED) is 0.638. The zero-order chi connectivity index (χ0) is 21.7. The van der Waals surface area contributed by atoms with Gasteiger partial charge >= 0.3 is 0 Å². The summed E-state index contributed by atoms with van der Waals surface area (Å²) in [5.74, 6) is -0.377. The maximum Gasteiger partial charge on any atom is 0.243 e. The van der Waals surface area contributed by atoms with Crippen LogP contribution in [0.15, 0.2) is 57.9 Å². The number of amides is 1. The Morgan fingerprint density at radius 2 is 1.80 bits per heavy atom. The highest BCUT2D eigenvalue weighted by molar-refractivity contribution is 9.10. The van der Waals surface area contributed by atoms with Crippen LogP contribution in [0.25, 0.3) is 0 Å². The molecule has 3 rings (SSSR count). The smallest absolute Gasteiger partial charge is 0.243 e. The lowest BCUT2D eigenvalue weighted by molar-refractivity contribution is -0.126. The van der Waals surface area contributed by atoms with E-state index in [4.69, 9.17) is 0 Å². The minimum atomic E-state index is -3.55. The number of rotatable bonds is 7. The molecule has 162 valence electrons. The summed E-state index contributed by atoms with van der Waals surface area (Å²) in [5.41, 5.74) is 0.954. The molecule has 1 atom stereocenters. The molecule has 0 radical (unpaired) electrons. The number of nitrogens with zero attached hydrogens (tertiary/aromatic N) is 2. The number of halogens is 2. The average molecular weight is 498 g/mol. The lowest BCUT2D eigenvalue weighted by Gasteiger charge is -2.36. The molecule has 2 aromatic rings. The molecule has 1 amide bonds. The summed E-state index contributed by atoms with van der Waals surface area (Å²) in [6.45, 7) is 3.93. The van der Waals surface area contributed by atoms with Crippen molar-refractivity contribution in [1.29, 1.82) is 0 Å². The summed E-state index contributed by atoms with van der Waals surface area (Å²) < 4.78 is 40.8. The summed E-state index contributed by atoms with van der Waals surface area (Å²) >= 11 is 3.31. The number of carbonyl (C=O) groups excluding carboxylic acids is 1. The van der Waals surface area contributed by atoms with Crippen molar-refractivity contribution in [2.45, 2.75) is 24.3 Å². The van der Waals surface area contributed by atoms with E-state index in [1.807, 2.05) is 11.8 Å². The largest absolute Gasteiger partial charge is 0.354 e. The maximum atomic E-state index is 12.9. The van der Waals surface area contributed by atoms with Gasteiger partial charge in [0.1, 0.15) is 5.82 Å². The fourth-order valence-electron chi connectivity index (χ4n) is 3.40. The maximum absolute atomic E-state index is 12.9. The van der Waals surface area contributed by atoms with Gasteiger partial charge < -0.3 is 5.32 Å². The molecule has 1 aliphatic rings. The Kier molecular flexibility index (Phi) is 7.62. The number of benzene rings is 2. The van der Waals surface area contributed by atoms with Crippen molar-refractivity contribution in [3.63, 3.8) is 0 Å². The molecular formula is C21H25BrFN3O3S. The van der Waals surface area contributed by atoms with E-state index in [2.05, 4.69) is 21.2 Å². The first-order valence-corrected chi connectivity index (χ1v) is 12.0. The van der Waals surface area contributed by atoms with Gasteiger partial charge in [-0.15, -0.1) is 0 Å². The molecule has 6 nitrogen and oxygen atoms in total. The van der Waals surface area contributed by atoms with Gasteiger partial charge in [-0.3, -0.25) is 9.69 Å². The number of sulfonamides is 1. The molecule has 0 saturated carbocycles. The normalized spacial score (nSPS) is 16.9. The molecule has 1 N–H and O–H groups in total. The highest BCUT2D eigenvalue weighted by Gasteiger charge is 2.31. The molecule has 30 heavy (non-hydrogen) atoms. The zero-order valence-corrected chi connectivity index (χ0v) is 19.1. The van der Waals surface area contributed by atoms with E-state index in [-0.39, 0.29) is 22.7 Å². The second kappa shape index (κ2) is 10.00. The van der Waals surface area contributed by atoms with Gasteiger partial charge in [-0.2, -0.15) is 4.31 Å². The molecule has 2 aromatic carbocycles. The number of hydrogen-bond acceptors (Lipinski definition) is 4. The minimum absolute atomic E-state index is 0.0968. The van der Waals surface area contributed by atoms with Crippen molar-refractivity contribution in [1.82, 2.24) is 14.5 Å². The molecule has 1 heterocycles. The molecule has 9 heteroatoms. The SMILES string of the molecule is CC(C(=O)NCCc1ccc(F)cc1)N1CCN(S(=O)(=O)c2cccc(Br)c2)CC1. The van der Waals surface area contributed by atoms with E-state index in [0.717, 1.165) is 5.56 Å². The summed E-state index contributed by atoms with van der Waals surface area (Å²) in [5, 5.41) is 2.90. The first-order valence-electron chi connectivity index (χ1n) is 9.79. The van der Waals surface area contributed by atoms with Crippen LogP contribution < -0.4 is 5.32 Å². The number of carbonyl (C=O) groups is 1. The van der Waals surface area contributed by atoms with Crippen LogP contribution in [0.3, 0.4) is 0 Å². The summed E-state index contributed by atoms with van der Waals surface area (Å²) in [7, 11) is -3.55. The molecule has 0 aromatic heterocycles. The van der Waals surface area contributed by atoms with Gasteiger partial charge in [0.2, 0.25) is 15.9 Å². The van der Waals surface area contributed by atoms with E-state index in [1.54, 1.807) is 36.4 Å². The van der Waals surface area contributed by atoms with Crippen LogP contribution in [0.2, 0.25) is 0 Å². The number of nitrogens with one attached hydrogen (secondary N) is 1. The van der Waals surface area contributed by atoms with Crippen LogP contribution in [-0.4, -0.2) is 62.3 Å². The van der Waals surface area contributed by atoms with Crippen LogP contribution in [0, 0.1) is 5.82 Å². The fourth-order valence-corrected chi connectivity index (χ4v) is 5.42. The van der Waals surface area contributed by atoms with Crippen molar-refractivity contribution >= 4 is 31.9 Å². The van der Waals surface area contributed by atoms with Crippen LogP contribution in [0.1, 0.15) is 12.5 Å². The zero-order valence-electron chi connectivity index (χ0n) is 16.7. The van der Waals surface area contributed by atoms with Gasteiger partial charge in [0, 0.05) is 37.2 Å². The lowest BCUT2D eigenvalue weighted by Crippen LogP contribution is -2.55. The van der Waals surface area contributed by atoms with Gasteiger partial charge in [-0.25, -0.2) is 12.8 Å². The molecule has 1 unspecified atom stereocenters. The van der Waals surface area contributed by atoms with E-state index in [9.17, 15) is 17.6 Å². The van der Waals surface area contributed by atoms with Crippen LogP contribution in [-0.2, 0) is 21.2 Å². The molecule has 1 aliphatic heterocycles. The highest BCUT2D eigenvalue weighted by atomic mass is 79.9. The third-order valence-corrected chi connectivity index (χ3v) is 7.65. The Hall–Kier alpha value is -1.81. The van der Waals surface area contributed by atoms with E-state index in [0.29, 0.717) is 43.6 Å². The first kappa shape index (κ1) is 22.9. The van der Waals surface area contributed by atoms with Crippen molar-refractivity contribution in [2.24, 2.45) is 0 Å². The highest BCUT2D eigenvalue weighted by Crippen LogP contribution is 2.21.